The number of amides is 1. The van der Waals surface area contributed by atoms with Crippen molar-refractivity contribution in [3.63, 3.8) is 0 Å². The van der Waals surface area contributed by atoms with Crippen molar-refractivity contribution in [2.45, 2.75) is 6.04 Å². The predicted molar refractivity (Wildman–Crippen MR) is 67.4 cm³/mol. The first-order valence-electron chi connectivity index (χ1n) is 5.68. The van der Waals surface area contributed by atoms with Crippen LogP contribution in [0, 0.1) is 0 Å². The molecular formula is C14H13NO4. The topological polar surface area (TPSA) is 68.5 Å². The van der Waals surface area contributed by atoms with E-state index in [1.54, 1.807) is 24.3 Å². The Labute approximate surface area is 110 Å². The van der Waals surface area contributed by atoms with Crippen LogP contribution in [-0.2, 0) is 9.53 Å². The Morgan fingerprint density at radius 1 is 1.21 bits per heavy atom. The minimum atomic E-state index is -0.839. The van der Waals surface area contributed by atoms with E-state index in [1.165, 1.54) is 25.7 Å². The van der Waals surface area contributed by atoms with Gasteiger partial charge in [-0.05, 0) is 11.6 Å². The van der Waals surface area contributed by atoms with Gasteiger partial charge in [-0.2, -0.15) is 0 Å². The molecule has 0 saturated heterocycles. The molecule has 98 valence electrons. The highest BCUT2D eigenvalue weighted by Gasteiger charge is 2.24. The fourth-order valence-electron chi connectivity index (χ4n) is 1.65. The molecule has 2 rings (SSSR count). The van der Waals surface area contributed by atoms with Crippen LogP contribution in [0.4, 0.5) is 0 Å². The number of methoxy groups -OCH3 is 1. The van der Waals surface area contributed by atoms with Crippen LogP contribution in [0.2, 0.25) is 0 Å². The van der Waals surface area contributed by atoms with Crippen LogP contribution in [-0.4, -0.2) is 19.0 Å². The van der Waals surface area contributed by atoms with Crippen molar-refractivity contribution in [1.82, 2.24) is 5.32 Å². The van der Waals surface area contributed by atoms with Crippen LogP contribution in [0.3, 0.4) is 0 Å². The number of carbonyl (C=O) groups excluding carboxylic acids is 2. The molecule has 0 aliphatic heterocycles. The van der Waals surface area contributed by atoms with E-state index in [9.17, 15) is 9.59 Å². The van der Waals surface area contributed by atoms with E-state index < -0.39 is 17.9 Å². The highest BCUT2D eigenvalue weighted by Crippen LogP contribution is 2.15. The molecule has 1 aromatic carbocycles. The van der Waals surface area contributed by atoms with Crippen LogP contribution < -0.4 is 5.32 Å². The highest BCUT2D eigenvalue weighted by molar-refractivity contribution is 5.96. The molecule has 0 aliphatic rings. The number of benzene rings is 1. The average Bonchev–Trinajstić information content (AvgIpc) is 2.99. The van der Waals surface area contributed by atoms with Crippen LogP contribution in [0.25, 0.3) is 0 Å². The molecule has 0 spiro atoms. The SMILES string of the molecule is COC(=O)[C@@H](NC(=O)c1ccoc1)c1ccccc1. The van der Waals surface area contributed by atoms with Gasteiger partial charge in [0.05, 0.1) is 18.9 Å². The summed E-state index contributed by atoms with van der Waals surface area (Å²) in [5.41, 5.74) is 1.01. The van der Waals surface area contributed by atoms with Gasteiger partial charge in [0, 0.05) is 0 Å². The molecule has 0 saturated carbocycles. The highest BCUT2D eigenvalue weighted by atomic mass is 16.5. The first kappa shape index (κ1) is 12.9. The molecule has 2 aromatic rings. The number of hydrogen-bond acceptors (Lipinski definition) is 4. The van der Waals surface area contributed by atoms with Crippen molar-refractivity contribution in [2.75, 3.05) is 7.11 Å². The van der Waals surface area contributed by atoms with Crippen molar-refractivity contribution >= 4 is 11.9 Å². The number of ether oxygens (including phenoxy) is 1. The normalized spacial score (nSPS) is 11.6. The fourth-order valence-corrected chi connectivity index (χ4v) is 1.65. The first-order chi connectivity index (χ1) is 9.22. The van der Waals surface area contributed by atoms with Gasteiger partial charge in [0.1, 0.15) is 6.26 Å². The van der Waals surface area contributed by atoms with Crippen LogP contribution in [0.15, 0.2) is 53.3 Å². The monoisotopic (exact) mass is 259 g/mol. The molecule has 0 radical (unpaired) electrons. The minimum Gasteiger partial charge on any atom is -0.472 e. The lowest BCUT2D eigenvalue weighted by Gasteiger charge is -2.16. The van der Waals surface area contributed by atoms with Gasteiger partial charge in [0.15, 0.2) is 6.04 Å². The Hall–Kier alpha value is -2.56. The summed E-state index contributed by atoms with van der Waals surface area (Å²) in [7, 11) is 1.28. The smallest absolute Gasteiger partial charge is 0.333 e. The number of rotatable bonds is 4. The third-order valence-electron chi connectivity index (χ3n) is 2.63. The van der Waals surface area contributed by atoms with E-state index in [2.05, 4.69) is 5.32 Å². The lowest BCUT2D eigenvalue weighted by molar-refractivity contribution is -0.143. The van der Waals surface area contributed by atoms with E-state index >= 15 is 0 Å². The molecule has 1 heterocycles. The van der Waals surface area contributed by atoms with Crippen molar-refractivity contribution in [3.05, 3.63) is 60.1 Å². The molecule has 1 atom stereocenters. The number of nitrogens with one attached hydrogen (secondary N) is 1. The molecule has 5 heteroatoms. The molecule has 1 N–H and O–H groups in total. The van der Waals surface area contributed by atoms with Crippen molar-refractivity contribution < 1.29 is 18.7 Å². The molecule has 0 unspecified atom stereocenters. The molecule has 1 amide bonds. The molecule has 0 fully saturated rings. The van der Waals surface area contributed by atoms with E-state index in [1.807, 2.05) is 6.07 Å². The number of furan rings is 1. The summed E-state index contributed by atoms with van der Waals surface area (Å²) >= 11 is 0. The van der Waals surface area contributed by atoms with Crippen molar-refractivity contribution in [3.8, 4) is 0 Å². The van der Waals surface area contributed by atoms with Crippen LogP contribution in [0.1, 0.15) is 22.0 Å². The lowest BCUT2D eigenvalue weighted by Crippen LogP contribution is -2.34. The van der Waals surface area contributed by atoms with Crippen LogP contribution in [0.5, 0.6) is 0 Å². The Morgan fingerprint density at radius 2 is 1.95 bits per heavy atom. The summed E-state index contributed by atoms with van der Waals surface area (Å²) in [6.45, 7) is 0. The van der Waals surface area contributed by atoms with E-state index in [0.29, 0.717) is 11.1 Å². The lowest BCUT2D eigenvalue weighted by atomic mass is 10.1. The molecule has 19 heavy (non-hydrogen) atoms. The zero-order valence-electron chi connectivity index (χ0n) is 10.3. The van der Waals surface area contributed by atoms with E-state index in [4.69, 9.17) is 9.15 Å². The average molecular weight is 259 g/mol. The van der Waals surface area contributed by atoms with Crippen molar-refractivity contribution in [1.29, 1.82) is 0 Å². The summed E-state index contributed by atoms with van der Waals surface area (Å²) in [5, 5.41) is 2.61. The van der Waals surface area contributed by atoms with Crippen LogP contribution >= 0.6 is 0 Å². The first-order valence-corrected chi connectivity index (χ1v) is 5.68. The Bertz CT molecular complexity index is 548. The summed E-state index contributed by atoms with van der Waals surface area (Å²) < 4.78 is 9.54. The van der Waals surface area contributed by atoms with Gasteiger partial charge >= 0.3 is 5.97 Å². The standard InChI is InChI=1S/C14H13NO4/c1-18-14(17)12(10-5-3-2-4-6-10)15-13(16)11-7-8-19-9-11/h2-9,12H,1H3,(H,15,16)/t12-/m0/s1. The second-order valence-corrected chi connectivity index (χ2v) is 3.85. The molecule has 0 bridgehead atoms. The Balaban J connectivity index is 2.20. The third kappa shape index (κ3) is 3.01. The molecule has 1 aromatic heterocycles. The van der Waals surface area contributed by atoms with Gasteiger partial charge in [-0.1, -0.05) is 30.3 Å². The summed E-state index contributed by atoms with van der Waals surface area (Å²) in [6.07, 6.45) is 2.71. The fraction of sp³-hybridized carbons (Fsp3) is 0.143. The maximum Gasteiger partial charge on any atom is 0.333 e. The van der Waals surface area contributed by atoms with Crippen molar-refractivity contribution in [2.24, 2.45) is 0 Å². The second-order valence-electron chi connectivity index (χ2n) is 3.85. The maximum atomic E-state index is 11.9. The maximum absolute atomic E-state index is 11.9. The van der Waals surface area contributed by atoms with Gasteiger partial charge in [-0.15, -0.1) is 0 Å². The van der Waals surface area contributed by atoms with Gasteiger partial charge < -0.3 is 14.5 Å². The van der Waals surface area contributed by atoms with Gasteiger partial charge in [0.2, 0.25) is 0 Å². The molecule has 0 aliphatic carbocycles. The van der Waals surface area contributed by atoms with Gasteiger partial charge in [-0.3, -0.25) is 4.79 Å². The second kappa shape index (κ2) is 5.86. The summed E-state index contributed by atoms with van der Waals surface area (Å²) in [4.78, 5) is 23.7. The zero-order chi connectivity index (χ0) is 13.7. The Kier molecular flexibility index (Phi) is 3.97. The summed E-state index contributed by atoms with van der Waals surface area (Å²) in [6, 6.07) is 9.58. The molecular weight excluding hydrogens is 246 g/mol. The van der Waals surface area contributed by atoms with E-state index in [-0.39, 0.29) is 0 Å². The predicted octanol–water partition coefficient (Wildman–Crippen LogP) is 1.92. The summed E-state index contributed by atoms with van der Waals surface area (Å²) in [5.74, 6) is -0.920. The molecule has 5 nitrogen and oxygen atoms in total. The third-order valence-corrected chi connectivity index (χ3v) is 2.63. The largest absolute Gasteiger partial charge is 0.472 e. The Morgan fingerprint density at radius 3 is 2.53 bits per heavy atom. The van der Waals surface area contributed by atoms with E-state index in [0.717, 1.165) is 0 Å². The number of carbonyl (C=O) groups is 2. The number of hydrogen-bond donors (Lipinski definition) is 1. The zero-order valence-corrected chi connectivity index (χ0v) is 10.3. The number of esters is 1. The minimum absolute atomic E-state index is 0.352. The van der Waals surface area contributed by atoms with Gasteiger partial charge in [0.25, 0.3) is 5.91 Å². The van der Waals surface area contributed by atoms with Gasteiger partial charge in [-0.25, -0.2) is 4.79 Å². The quantitative estimate of drug-likeness (QED) is 0.852.